The summed E-state index contributed by atoms with van der Waals surface area (Å²) < 4.78 is 12.1. The van der Waals surface area contributed by atoms with Crippen LogP contribution in [-0.4, -0.2) is 23.7 Å². The first-order valence-corrected chi connectivity index (χ1v) is 10.2. The molecule has 0 atom stereocenters. The van der Waals surface area contributed by atoms with Crippen LogP contribution in [0.1, 0.15) is 53.3 Å². The Hall–Kier alpha value is -1.86. The fraction of sp³-hybridized carbons (Fsp3) is 0.300. The molecule has 0 aliphatic rings. The second kappa shape index (κ2) is 10.5. The number of ether oxygens (including phenoxy) is 2. The SMILES string of the molecule is CCCCCCOc1ccc(C(=O)Oc2ccc(C(=O)O)cc2Br)cc1Br. The van der Waals surface area contributed by atoms with Crippen LogP contribution in [0.2, 0.25) is 0 Å². The lowest BCUT2D eigenvalue weighted by molar-refractivity contribution is 0.0696. The molecule has 2 aromatic rings. The summed E-state index contributed by atoms with van der Waals surface area (Å²) in [6, 6.07) is 9.20. The molecule has 27 heavy (non-hydrogen) atoms. The van der Waals surface area contributed by atoms with Gasteiger partial charge in [-0.2, -0.15) is 0 Å². The number of hydrogen-bond acceptors (Lipinski definition) is 4. The molecule has 5 nitrogen and oxygen atoms in total. The van der Waals surface area contributed by atoms with Crippen molar-refractivity contribution in [3.05, 3.63) is 56.5 Å². The van der Waals surface area contributed by atoms with Crippen molar-refractivity contribution in [3.8, 4) is 11.5 Å². The Morgan fingerprint density at radius 3 is 2.19 bits per heavy atom. The Balaban J connectivity index is 2.00. The molecule has 0 saturated heterocycles. The van der Waals surface area contributed by atoms with Gasteiger partial charge in [-0.3, -0.25) is 0 Å². The van der Waals surface area contributed by atoms with Crippen molar-refractivity contribution in [2.45, 2.75) is 32.6 Å². The third kappa shape index (κ3) is 6.36. The largest absolute Gasteiger partial charge is 0.492 e. The van der Waals surface area contributed by atoms with Gasteiger partial charge in [0, 0.05) is 0 Å². The van der Waals surface area contributed by atoms with Crippen LogP contribution in [0.15, 0.2) is 45.3 Å². The second-order valence-electron chi connectivity index (χ2n) is 5.89. The molecule has 0 unspecified atom stereocenters. The number of carboxylic acid groups (broad SMARTS) is 1. The molecule has 0 saturated carbocycles. The van der Waals surface area contributed by atoms with Crippen LogP contribution in [0.5, 0.6) is 11.5 Å². The molecule has 0 aromatic heterocycles. The average molecular weight is 500 g/mol. The van der Waals surface area contributed by atoms with Crippen molar-refractivity contribution >= 4 is 43.8 Å². The predicted molar refractivity (Wildman–Crippen MR) is 110 cm³/mol. The van der Waals surface area contributed by atoms with E-state index in [2.05, 4.69) is 38.8 Å². The molecular formula is C20H20Br2O5. The van der Waals surface area contributed by atoms with Crippen molar-refractivity contribution in [1.82, 2.24) is 0 Å². The molecule has 7 heteroatoms. The van der Waals surface area contributed by atoms with E-state index in [0.717, 1.165) is 12.8 Å². The maximum absolute atomic E-state index is 12.4. The summed E-state index contributed by atoms with van der Waals surface area (Å²) in [5.74, 6) is -0.677. The highest BCUT2D eigenvalue weighted by atomic mass is 79.9. The molecule has 0 amide bonds. The lowest BCUT2D eigenvalue weighted by Gasteiger charge is -2.10. The van der Waals surface area contributed by atoms with Crippen LogP contribution in [-0.2, 0) is 0 Å². The maximum atomic E-state index is 12.4. The monoisotopic (exact) mass is 498 g/mol. The number of hydrogen-bond donors (Lipinski definition) is 1. The molecule has 0 aliphatic heterocycles. The normalized spacial score (nSPS) is 10.5. The van der Waals surface area contributed by atoms with Crippen LogP contribution in [0.3, 0.4) is 0 Å². The van der Waals surface area contributed by atoms with E-state index in [1.807, 2.05) is 0 Å². The van der Waals surface area contributed by atoms with Gasteiger partial charge in [0.15, 0.2) is 0 Å². The van der Waals surface area contributed by atoms with Gasteiger partial charge in [0.2, 0.25) is 0 Å². The van der Waals surface area contributed by atoms with Crippen LogP contribution >= 0.6 is 31.9 Å². The summed E-state index contributed by atoms with van der Waals surface area (Å²) in [6.07, 6.45) is 4.49. The van der Waals surface area contributed by atoms with Crippen LogP contribution in [0.4, 0.5) is 0 Å². The quantitative estimate of drug-likeness (QED) is 0.257. The fourth-order valence-corrected chi connectivity index (χ4v) is 3.28. The standard InChI is InChI=1S/C20H20Br2O5/c1-2-3-4-5-10-26-17-8-7-14(12-15(17)21)20(25)27-18-9-6-13(19(23)24)11-16(18)22/h6-9,11-12H,2-5,10H2,1H3,(H,23,24). The third-order valence-corrected chi connectivity index (χ3v) is 5.04. The summed E-state index contributed by atoms with van der Waals surface area (Å²) in [4.78, 5) is 23.3. The van der Waals surface area contributed by atoms with Gasteiger partial charge in [-0.15, -0.1) is 0 Å². The molecule has 1 N–H and O–H groups in total. The Morgan fingerprint density at radius 2 is 1.56 bits per heavy atom. The molecule has 2 rings (SSSR count). The lowest BCUT2D eigenvalue weighted by atomic mass is 10.2. The Labute approximate surface area is 174 Å². The van der Waals surface area contributed by atoms with Crippen LogP contribution in [0, 0.1) is 0 Å². The van der Waals surface area contributed by atoms with E-state index in [-0.39, 0.29) is 11.3 Å². The average Bonchev–Trinajstić information content (AvgIpc) is 2.64. The Morgan fingerprint density at radius 1 is 0.926 bits per heavy atom. The highest BCUT2D eigenvalue weighted by Crippen LogP contribution is 2.29. The van der Waals surface area contributed by atoms with Crippen molar-refractivity contribution in [2.75, 3.05) is 6.61 Å². The Kier molecular flexibility index (Phi) is 8.31. The number of benzene rings is 2. The number of halogens is 2. The van der Waals surface area contributed by atoms with Crippen molar-refractivity contribution < 1.29 is 24.2 Å². The molecule has 144 valence electrons. The van der Waals surface area contributed by atoms with Gasteiger partial charge in [-0.1, -0.05) is 26.2 Å². The number of aromatic carboxylic acids is 1. The van der Waals surface area contributed by atoms with E-state index >= 15 is 0 Å². The van der Waals surface area contributed by atoms with E-state index in [1.165, 1.54) is 31.0 Å². The molecule has 2 aromatic carbocycles. The van der Waals surface area contributed by atoms with Gasteiger partial charge in [0.05, 0.1) is 26.7 Å². The van der Waals surface area contributed by atoms with E-state index in [9.17, 15) is 9.59 Å². The van der Waals surface area contributed by atoms with Crippen LogP contribution in [0.25, 0.3) is 0 Å². The zero-order valence-electron chi connectivity index (χ0n) is 14.8. The number of carboxylic acids is 1. The third-order valence-electron chi connectivity index (χ3n) is 3.80. The van der Waals surface area contributed by atoms with Gasteiger partial charge in [-0.25, -0.2) is 9.59 Å². The number of carbonyl (C=O) groups excluding carboxylic acids is 1. The minimum absolute atomic E-state index is 0.102. The summed E-state index contributed by atoms with van der Waals surface area (Å²) in [5.41, 5.74) is 0.458. The van der Waals surface area contributed by atoms with E-state index in [4.69, 9.17) is 14.6 Å². The summed E-state index contributed by atoms with van der Waals surface area (Å²) >= 11 is 6.64. The number of rotatable bonds is 9. The number of unbranched alkanes of at least 4 members (excludes halogenated alkanes) is 3. The zero-order chi connectivity index (χ0) is 19.8. The van der Waals surface area contributed by atoms with E-state index in [1.54, 1.807) is 18.2 Å². The first-order chi connectivity index (χ1) is 12.9. The molecule has 0 spiro atoms. The molecular weight excluding hydrogens is 480 g/mol. The Bertz CT molecular complexity index is 820. The maximum Gasteiger partial charge on any atom is 0.343 e. The van der Waals surface area contributed by atoms with Crippen molar-refractivity contribution in [3.63, 3.8) is 0 Å². The molecule has 0 aliphatic carbocycles. The van der Waals surface area contributed by atoms with Gasteiger partial charge in [0.1, 0.15) is 11.5 Å². The first kappa shape index (κ1) is 21.4. The van der Waals surface area contributed by atoms with Gasteiger partial charge < -0.3 is 14.6 Å². The summed E-state index contributed by atoms with van der Waals surface area (Å²) in [7, 11) is 0. The highest BCUT2D eigenvalue weighted by Gasteiger charge is 2.14. The smallest absolute Gasteiger partial charge is 0.343 e. The van der Waals surface area contributed by atoms with E-state index in [0.29, 0.717) is 26.9 Å². The molecule has 0 heterocycles. The highest BCUT2D eigenvalue weighted by molar-refractivity contribution is 9.10. The minimum Gasteiger partial charge on any atom is -0.492 e. The zero-order valence-corrected chi connectivity index (χ0v) is 18.0. The summed E-state index contributed by atoms with van der Waals surface area (Å²) in [5, 5.41) is 8.97. The molecule has 0 fully saturated rings. The molecule has 0 radical (unpaired) electrons. The fourth-order valence-electron chi connectivity index (χ4n) is 2.33. The van der Waals surface area contributed by atoms with Gasteiger partial charge >= 0.3 is 11.9 Å². The van der Waals surface area contributed by atoms with Crippen molar-refractivity contribution in [2.24, 2.45) is 0 Å². The lowest BCUT2D eigenvalue weighted by Crippen LogP contribution is -2.09. The summed E-state index contributed by atoms with van der Waals surface area (Å²) in [6.45, 7) is 2.79. The second-order valence-corrected chi connectivity index (χ2v) is 7.60. The van der Waals surface area contributed by atoms with Gasteiger partial charge in [-0.05, 0) is 74.7 Å². The topological polar surface area (TPSA) is 72.8 Å². The van der Waals surface area contributed by atoms with E-state index < -0.39 is 11.9 Å². The van der Waals surface area contributed by atoms with Crippen molar-refractivity contribution in [1.29, 1.82) is 0 Å². The molecule has 0 bridgehead atoms. The first-order valence-electron chi connectivity index (χ1n) is 8.59. The van der Waals surface area contributed by atoms with Gasteiger partial charge in [0.25, 0.3) is 0 Å². The predicted octanol–water partition coefficient (Wildman–Crippen LogP) is 6.09. The number of esters is 1. The minimum atomic E-state index is -1.05. The number of carbonyl (C=O) groups is 2. The van der Waals surface area contributed by atoms with Crippen LogP contribution < -0.4 is 9.47 Å².